The van der Waals surface area contributed by atoms with Crippen LogP contribution >= 0.6 is 0 Å². The van der Waals surface area contributed by atoms with E-state index in [1.54, 1.807) is 13.0 Å². The fourth-order valence-electron chi connectivity index (χ4n) is 3.35. The lowest BCUT2D eigenvalue weighted by Crippen LogP contribution is -2.47. The molecule has 3 aromatic rings. The first-order chi connectivity index (χ1) is 13.3. The number of aryl methyl sites for hydroxylation is 1. The molecule has 2 aromatic carbocycles. The predicted molar refractivity (Wildman–Crippen MR) is 113 cm³/mol. The minimum absolute atomic E-state index is 0.0528. The van der Waals surface area contributed by atoms with Crippen molar-refractivity contribution in [1.29, 1.82) is 0 Å². The smallest absolute Gasteiger partial charge is 0.371 e. The zero-order chi connectivity index (χ0) is 20.3. The van der Waals surface area contributed by atoms with Gasteiger partial charge in [0.2, 0.25) is 14.8 Å². The number of furan rings is 1. The standard InChI is InChI=1S/C23H26O4Si/c1-16-19(15-20(26-16)22(24)25)21(23(2,3)4)27-28(17-11-7-5-8-12-17)18-13-9-6-10-14-18/h5-15,21,28H,1-4H3,(H,24,25). The third kappa shape index (κ3) is 4.43. The van der Waals surface area contributed by atoms with E-state index in [0.29, 0.717) is 5.76 Å². The van der Waals surface area contributed by atoms with E-state index in [2.05, 4.69) is 45.0 Å². The first-order valence-corrected chi connectivity index (χ1v) is 11.0. The molecule has 0 aliphatic rings. The highest BCUT2D eigenvalue weighted by molar-refractivity contribution is 6.80. The summed E-state index contributed by atoms with van der Waals surface area (Å²) in [5.41, 5.74) is 0.563. The van der Waals surface area contributed by atoms with Gasteiger partial charge in [0.05, 0.1) is 6.10 Å². The molecule has 0 fully saturated rings. The highest BCUT2D eigenvalue weighted by Crippen LogP contribution is 2.39. The van der Waals surface area contributed by atoms with Crippen molar-refractivity contribution in [2.45, 2.75) is 33.8 Å². The van der Waals surface area contributed by atoms with Crippen LogP contribution in [-0.2, 0) is 4.43 Å². The number of benzene rings is 2. The minimum Gasteiger partial charge on any atom is -0.475 e. The van der Waals surface area contributed by atoms with Gasteiger partial charge in [0.15, 0.2) is 0 Å². The Morgan fingerprint density at radius 3 is 1.89 bits per heavy atom. The van der Waals surface area contributed by atoms with Crippen LogP contribution in [0.25, 0.3) is 0 Å². The molecule has 0 aliphatic carbocycles. The van der Waals surface area contributed by atoms with Gasteiger partial charge in [-0.2, -0.15) is 0 Å². The predicted octanol–water partition coefficient (Wildman–Crippen LogP) is 3.93. The van der Waals surface area contributed by atoms with Gasteiger partial charge in [-0.3, -0.25) is 0 Å². The monoisotopic (exact) mass is 394 g/mol. The zero-order valence-corrected chi connectivity index (χ0v) is 17.8. The fourth-order valence-corrected chi connectivity index (χ4v) is 6.02. The lowest BCUT2D eigenvalue weighted by molar-refractivity contribution is 0.0661. The number of carboxylic acids is 1. The molecule has 1 unspecified atom stereocenters. The second-order valence-electron chi connectivity index (χ2n) is 8.01. The van der Waals surface area contributed by atoms with Gasteiger partial charge in [0.25, 0.3) is 0 Å². The molecule has 0 radical (unpaired) electrons. The Kier molecular flexibility index (Phi) is 5.86. The van der Waals surface area contributed by atoms with Gasteiger partial charge >= 0.3 is 5.97 Å². The van der Waals surface area contributed by atoms with Gasteiger partial charge < -0.3 is 13.9 Å². The third-order valence-electron chi connectivity index (χ3n) is 4.71. The van der Waals surface area contributed by atoms with Crippen molar-refractivity contribution >= 4 is 25.4 Å². The lowest BCUT2D eigenvalue weighted by Gasteiger charge is -2.34. The van der Waals surface area contributed by atoms with Crippen molar-refractivity contribution in [3.8, 4) is 0 Å². The van der Waals surface area contributed by atoms with E-state index in [4.69, 9.17) is 8.84 Å². The van der Waals surface area contributed by atoms with Gasteiger partial charge in [-0.25, -0.2) is 4.79 Å². The van der Waals surface area contributed by atoms with Crippen LogP contribution in [0.1, 0.15) is 48.8 Å². The molecule has 0 saturated heterocycles. The minimum atomic E-state index is -2.00. The quantitative estimate of drug-likeness (QED) is 0.644. The first-order valence-electron chi connectivity index (χ1n) is 9.36. The van der Waals surface area contributed by atoms with Crippen molar-refractivity contribution in [2.75, 3.05) is 0 Å². The Labute approximate surface area is 167 Å². The average molecular weight is 395 g/mol. The number of hydrogen-bond acceptors (Lipinski definition) is 3. The second-order valence-corrected chi connectivity index (χ2v) is 10.4. The Morgan fingerprint density at radius 1 is 1.00 bits per heavy atom. The van der Waals surface area contributed by atoms with Crippen LogP contribution in [0, 0.1) is 12.3 Å². The largest absolute Gasteiger partial charge is 0.475 e. The van der Waals surface area contributed by atoms with Crippen molar-refractivity contribution < 1.29 is 18.7 Å². The second kappa shape index (κ2) is 8.16. The maximum atomic E-state index is 11.4. The van der Waals surface area contributed by atoms with E-state index in [-0.39, 0.29) is 17.3 Å². The van der Waals surface area contributed by atoms with Crippen LogP contribution in [0.5, 0.6) is 0 Å². The number of aromatic carboxylic acids is 1. The van der Waals surface area contributed by atoms with Crippen LogP contribution in [0.3, 0.4) is 0 Å². The van der Waals surface area contributed by atoms with Crippen molar-refractivity contribution in [2.24, 2.45) is 5.41 Å². The van der Waals surface area contributed by atoms with Crippen molar-refractivity contribution in [3.05, 3.63) is 83.8 Å². The Morgan fingerprint density at radius 2 is 1.50 bits per heavy atom. The summed E-state index contributed by atoms with van der Waals surface area (Å²) in [6.07, 6.45) is -0.290. The summed E-state index contributed by atoms with van der Waals surface area (Å²) in [5.74, 6) is -0.531. The lowest BCUT2D eigenvalue weighted by atomic mass is 9.85. The molecule has 0 saturated carbocycles. The van der Waals surface area contributed by atoms with Crippen LogP contribution < -0.4 is 10.4 Å². The molecule has 0 spiro atoms. The maximum absolute atomic E-state index is 11.4. The topological polar surface area (TPSA) is 59.7 Å². The molecule has 3 rings (SSSR count). The summed E-state index contributed by atoms with van der Waals surface area (Å²) in [6.45, 7) is 8.11. The summed E-state index contributed by atoms with van der Waals surface area (Å²) in [5, 5.41) is 11.7. The van der Waals surface area contributed by atoms with Gasteiger partial charge in [-0.15, -0.1) is 0 Å². The molecule has 1 N–H and O–H groups in total. The molecule has 28 heavy (non-hydrogen) atoms. The van der Waals surface area contributed by atoms with E-state index >= 15 is 0 Å². The van der Waals surface area contributed by atoms with E-state index in [0.717, 1.165) is 5.56 Å². The highest BCUT2D eigenvalue weighted by atomic mass is 28.3. The summed E-state index contributed by atoms with van der Waals surface area (Å²) in [6, 6.07) is 22.1. The SMILES string of the molecule is Cc1oc(C(=O)O)cc1C(O[SiH](c1ccccc1)c1ccccc1)C(C)(C)C. The van der Waals surface area contributed by atoms with Gasteiger partial charge in [0.1, 0.15) is 5.76 Å². The molecule has 5 heteroatoms. The van der Waals surface area contributed by atoms with Gasteiger partial charge in [-0.1, -0.05) is 81.4 Å². The van der Waals surface area contributed by atoms with Crippen LogP contribution in [0.2, 0.25) is 0 Å². The summed E-state index contributed by atoms with van der Waals surface area (Å²) in [4.78, 5) is 11.4. The zero-order valence-electron chi connectivity index (χ0n) is 16.7. The third-order valence-corrected chi connectivity index (χ3v) is 7.24. The normalized spacial score (nSPS) is 12.9. The Bertz CT molecular complexity index is 887. The molecule has 1 atom stereocenters. The van der Waals surface area contributed by atoms with E-state index in [9.17, 15) is 9.90 Å². The molecule has 0 amide bonds. The summed E-state index contributed by atoms with van der Waals surface area (Å²) < 4.78 is 12.3. The number of carbonyl (C=O) groups is 1. The van der Waals surface area contributed by atoms with Crippen molar-refractivity contribution in [3.63, 3.8) is 0 Å². The molecule has 0 aliphatic heterocycles. The summed E-state index contributed by atoms with van der Waals surface area (Å²) >= 11 is 0. The van der Waals surface area contributed by atoms with Crippen LogP contribution in [-0.4, -0.2) is 20.1 Å². The maximum Gasteiger partial charge on any atom is 0.371 e. The molecule has 0 bridgehead atoms. The average Bonchev–Trinajstić information content (AvgIpc) is 3.04. The molecule has 1 heterocycles. The van der Waals surface area contributed by atoms with E-state index < -0.39 is 15.0 Å². The van der Waals surface area contributed by atoms with E-state index in [1.807, 2.05) is 36.4 Å². The molecule has 4 nitrogen and oxygen atoms in total. The number of hydrogen-bond donors (Lipinski definition) is 1. The molecule has 1 aromatic heterocycles. The van der Waals surface area contributed by atoms with Gasteiger partial charge in [0, 0.05) is 5.56 Å². The summed E-state index contributed by atoms with van der Waals surface area (Å²) in [7, 11) is -2.00. The Balaban J connectivity index is 2.06. The highest BCUT2D eigenvalue weighted by Gasteiger charge is 2.34. The first kappa shape index (κ1) is 20.1. The van der Waals surface area contributed by atoms with Crippen molar-refractivity contribution in [1.82, 2.24) is 0 Å². The fraction of sp³-hybridized carbons (Fsp3) is 0.261. The molecular formula is C23H26O4Si. The number of carboxylic acid groups (broad SMARTS) is 1. The number of rotatable bonds is 6. The van der Waals surface area contributed by atoms with Gasteiger partial charge in [-0.05, 0) is 28.8 Å². The molecule has 146 valence electrons. The van der Waals surface area contributed by atoms with Crippen LogP contribution in [0.4, 0.5) is 0 Å². The van der Waals surface area contributed by atoms with Crippen LogP contribution in [0.15, 0.2) is 71.1 Å². The molecular weight excluding hydrogens is 368 g/mol. The van der Waals surface area contributed by atoms with E-state index in [1.165, 1.54) is 10.4 Å². The Hall–Kier alpha value is -2.63.